The van der Waals surface area contributed by atoms with Gasteiger partial charge in [0.05, 0.1) is 12.1 Å². The number of nitrogens with two attached hydrogens (primary N) is 1. The van der Waals surface area contributed by atoms with Gasteiger partial charge < -0.3 is 11.1 Å². The summed E-state index contributed by atoms with van der Waals surface area (Å²) in [5.41, 5.74) is 6.38. The van der Waals surface area contributed by atoms with Gasteiger partial charge in [0, 0.05) is 11.8 Å². The van der Waals surface area contributed by atoms with Gasteiger partial charge in [-0.1, -0.05) is 6.07 Å². The third-order valence-corrected chi connectivity index (χ3v) is 2.10. The molecular formula is C11H11FN4O. The van der Waals surface area contributed by atoms with Crippen LogP contribution in [0.1, 0.15) is 5.69 Å². The first kappa shape index (κ1) is 11.1. The molecule has 0 radical (unpaired) electrons. The molecule has 88 valence electrons. The van der Waals surface area contributed by atoms with E-state index in [4.69, 9.17) is 5.73 Å². The summed E-state index contributed by atoms with van der Waals surface area (Å²) in [5, 5.41) is 8.93. The zero-order valence-electron chi connectivity index (χ0n) is 8.90. The second kappa shape index (κ2) is 4.65. The van der Waals surface area contributed by atoms with E-state index in [1.807, 2.05) is 0 Å². The summed E-state index contributed by atoms with van der Waals surface area (Å²) in [5.74, 6) is -0.271. The van der Waals surface area contributed by atoms with Crippen molar-refractivity contribution in [3.8, 4) is 0 Å². The van der Waals surface area contributed by atoms with Crippen molar-refractivity contribution < 1.29 is 9.18 Å². The Labute approximate surface area is 96.8 Å². The summed E-state index contributed by atoms with van der Waals surface area (Å²) in [6.07, 6.45) is 0.0875. The van der Waals surface area contributed by atoms with E-state index in [1.54, 1.807) is 12.1 Å². The number of carbonyl (C=O) groups excluding carboxylic acids is 1. The number of hydrogen-bond acceptors (Lipinski definition) is 3. The fourth-order valence-electron chi connectivity index (χ4n) is 1.41. The van der Waals surface area contributed by atoms with Crippen LogP contribution in [-0.4, -0.2) is 16.1 Å². The predicted octanol–water partition coefficient (Wildman–Crippen LogP) is 1.31. The van der Waals surface area contributed by atoms with Crippen molar-refractivity contribution in [2.24, 2.45) is 0 Å². The van der Waals surface area contributed by atoms with Gasteiger partial charge in [0.2, 0.25) is 5.91 Å². The first-order valence-corrected chi connectivity index (χ1v) is 4.98. The van der Waals surface area contributed by atoms with Crippen LogP contribution in [0.2, 0.25) is 0 Å². The highest BCUT2D eigenvalue weighted by Gasteiger charge is 2.07. The predicted molar refractivity (Wildman–Crippen MR) is 61.7 cm³/mol. The van der Waals surface area contributed by atoms with Gasteiger partial charge >= 0.3 is 0 Å². The van der Waals surface area contributed by atoms with Crippen LogP contribution in [-0.2, 0) is 11.2 Å². The Balaban J connectivity index is 1.98. The third-order valence-electron chi connectivity index (χ3n) is 2.10. The van der Waals surface area contributed by atoms with Crippen LogP contribution >= 0.6 is 0 Å². The lowest BCUT2D eigenvalue weighted by atomic mass is 10.2. The number of nitrogens with one attached hydrogen (secondary N) is 2. The van der Waals surface area contributed by atoms with E-state index >= 15 is 0 Å². The van der Waals surface area contributed by atoms with Crippen LogP contribution in [0.5, 0.6) is 0 Å². The van der Waals surface area contributed by atoms with Crippen LogP contribution in [0.3, 0.4) is 0 Å². The summed E-state index contributed by atoms with van der Waals surface area (Å²) in [6, 6.07) is 7.27. The number of carbonyl (C=O) groups is 1. The van der Waals surface area contributed by atoms with E-state index in [0.717, 1.165) is 0 Å². The van der Waals surface area contributed by atoms with Crippen molar-refractivity contribution in [1.29, 1.82) is 0 Å². The van der Waals surface area contributed by atoms with Gasteiger partial charge in [0.15, 0.2) is 0 Å². The average Bonchev–Trinajstić information content (AvgIpc) is 2.63. The molecule has 1 heterocycles. The largest absolute Gasteiger partial charge is 0.384 e. The molecule has 0 saturated heterocycles. The number of hydrogen-bond donors (Lipinski definition) is 3. The van der Waals surface area contributed by atoms with E-state index < -0.39 is 5.82 Å². The lowest BCUT2D eigenvalue weighted by Gasteiger charge is -2.03. The highest BCUT2D eigenvalue weighted by atomic mass is 19.1. The van der Waals surface area contributed by atoms with Crippen LogP contribution in [0.25, 0.3) is 0 Å². The normalized spacial score (nSPS) is 10.2. The van der Waals surface area contributed by atoms with E-state index in [9.17, 15) is 9.18 Å². The molecular weight excluding hydrogens is 223 g/mol. The van der Waals surface area contributed by atoms with Gasteiger partial charge in [-0.15, -0.1) is 0 Å². The summed E-state index contributed by atoms with van der Waals surface area (Å²) < 4.78 is 12.9. The van der Waals surface area contributed by atoms with Gasteiger partial charge in [-0.2, -0.15) is 5.10 Å². The Kier molecular flexibility index (Phi) is 3.04. The Hall–Kier alpha value is -2.37. The number of aromatic amines is 1. The second-order valence-electron chi connectivity index (χ2n) is 3.55. The highest BCUT2D eigenvalue weighted by Crippen LogP contribution is 2.10. The van der Waals surface area contributed by atoms with Crippen molar-refractivity contribution in [2.75, 3.05) is 11.1 Å². The minimum Gasteiger partial charge on any atom is -0.384 e. The van der Waals surface area contributed by atoms with Gasteiger partial charge in [-0.25, -0.2) is 4.39 Å². The molecule has 17 heavy (non-hydrogen) atoms. The number of H-pyrrole nitrogens is 1. The molecule has 1 aromatic carbocycles. The highest BCUT2D eigenvalue weighted by molar-refractivity contribution is 5.92. The van der Waals surface area contributed by atoms with Crippen LogP contribution in [0.15, 0.2) is 30.3 Å². The number of halogens is 1. The molecule has 2 rings (SSSR count). The van der Waals surface area contributed by atoms with E-state index in [-0.39, 0.29) is 12.3 Å². The smallest absolute Gasteiger partial charge is 0.230 e. The van der Waals surface area contributed by atoms with Crippen molar-refractivity contribution >= 4 is 17.4 Å². The van der Waals surface area contributed by atoms with Gasteiger partial charge in [0.1, 0.15) is 11.6 Å². The maximum atomic E-state index is 12.9. The van der Waals surface area contributed by atoms with Crippen molar-refractivity contribution in [2.45, 2.75) is 6.42 Å². The maximum absolute atomic E-state index is 12.9. The molecule has 0 aliphatic rings. The van der Waals surface area contributed by atoms with Crippen molar-refractivity contribution in [3.05, 3.63) is 41.8 Å². The number of nitrogens with zero attached hydrogens (tertiary/aromatic N) is 1. The zero-order valence-corrected chi connectivity index (χ0v) is 8.90. The Bertz CT molecular complexity index is 538. The monoisotopic (exact) mass is 234 g/mol. The lowest BCUT2D eigenvalue weighted by Crippen LogP contribution is -2.14. The number of nitrogen functional groups attached to an aromatic ring is 1. The SMILES string of the molecule is Nc1cc(CC(=O)Nc2cccc(F)c2)n[nH]1. The van der Waals surface area contributed by atoms with Crippen molar-refractivity contribution in [1.82, 2.24) is 10.2 Å². The lowest BCUT2D eigenvalue weighted by molar-refractivity contribution is -0.115. The van der Waals surface area contributed by atoms with Gasteiger partial charge in [0.25, 0.3) is 0 Å². The van der Waals surface area contributed by atoms with E-state index in [0.29, 0.717) is 17.2 Å². The molecule has 0 bridgehead atoms. The molecule has 0 fully saturated rings. The quantitative estimate of drug-likeness (QED) is 0.748. The molecule has 6 heteroatoms. The minimum atomic E-state index is -0.396. The standard InChI is InChI=1S/C11H11FN4O/c12-7-2-1-3-8(4-7)14-11(17)6-9-5-10(13)16-15-9/h1-5H,6H2,(H,14,17)(H3,13,15,16). The van der Waals surface area contributed by atoms with Crippen LogP contribution < -0.4 is 11.1 Å². The molecule has 0 aliphatic carbocycles. The molecule has 0 atom stereocenters. The van der Waals surface area contributed by atoms with Crippen molar-refractivity contribution in [3.63, 3.8) is 0 Å². The van der Waals surface area contributed by atoms with Gasteiger partial charge in [-0.3, -0.25) is 9.89 Å². The number of aromatic nitrogens is 2. The molecule has 0 spiro atoms. The minimum absolute atomic E-state index is 0.0875. The van der Waals surface area contributed by atoms with Crippen LogP contribution in [0, 0.1) is 5.82 Å². The summed E-state index contributed by atoms with van der Waals surface area (Å²) in [7, 11) is 0. The fraction of sp³-hybridized carbons (Fsp3) is 0.0909. The van der Waals surface area contributed by atoms with E-state index in [1.165, 1.54) is 18.2 Å². The Morgan fingerprint density at radius 2 is 2.29 bits per heavy atom. The first-order valence-electron chi connectivity index (χ1n) is 4.98. The molecule has 0 saturated carbocycles. The van der Waals surface area contributed by atoms with E-state index in [2.05, 4.69) is 15.5 Å². The molecule has 0 unspecified atom stereocenters. The summed E-state index contributed by atoms with van der Waals surface area (Å²) in [6.45, 7) is 0. The van der Waals surface area contributed by atoms with Gasteiger partial charge in [-0.05, 0) is 18.2 Å². The molecule has 1 aromatic heterocycles. The molecule has 5 nitrogen and oxygen atoms in total. The zero-order chi connectivity index (χ0) is 12.3. The Morgan fingerprint density at radius 3 is 2.94 bits per heavy atom. The number of anilines is 2. The third kappa shape index (κ3) is 3.04. The number of amides is 1. The average molecular weight is 234 g/mol. The van der Waals surface area contributed by atoms with Crippen LogP contribution in [0.4, 0.5) is 15.9 Å². The molecule has 4 N–H and O–H groups in total. The summed E-state index contributed by atoms with van der Waals surface area (Å²) in [4.78, 5) is 11.6. The topological polar surface area (TPSA) is 83.8 Å². The number of rotatable bonds is 3. The second-order valence-corrected chi connectivity index (χ2v) is 3.55. The first-order chi connectivity index (χ1) is 8.13. The number of benzene rings is 1. The fourth-order valence-corrected chi connectivity index (χ4v) is 1.41. The summed E-state index contributed by atoms with van der Waals surface area (Å²) >= 11 is 0. The molecule has 0 aliphatic heterocycles. The molecule has 2 aromatic rings. The molecule has 1 amide bonds. The maximum Gasteiger partial charge on any atom is 0.230 e. The Morgan fingerprint density at radius 1 is 1.47 bits per heavy atom.